The summed E-state index contributed by atoms with van der Waals surface area (Å²) in [5.41, 5.74) is -0.566. The van der Waals surface area contributed by atoms with Crippen LogP contribution >= 0.6 is 11.6 Å². The van der Waals surface area contributed by atoms with Gasteiger partial charge in [0.2, 0.25) is 0 Å². The van der Waals surface area contributed by atoms with Crippen LogP contribution in [-0.4, -0.2) is 17.6 Å². The van der Waals surface area contributed by atoms with Crippen molar-refractivity contribution in [2.45, 2.75) is 6.18 Å². The van der Waals surface area contributed by atoms with Gasteiger partial charge in [0.05, 0.1) is 6.26 Å². The second kappa shape index (κ2) is 5.46. The molecule has 0 amide bonds. The van der Waals surface area contributed by atoms with Gasteiger partial charge in [0.25, 0.3) is 0 Å². The maximum Gasteiger partial charge on any atom is 0.435 e. The molecule has 7 heteroatoms. The molecule has 0 saturated heterocycles. The lowest BCUT2D eigenvalue weighted by atomic mass is 9.98. The number of benzene rings is 1. The zero-order valence-corrected chi connectivity index (χ0v) is 11.7. The molecule has 1 aromatic carbocycles. The van der Waals surface area contributed by atoms with Gasteiger partial charge < -0.3 is 4.42 Å². The summed E-state index contributed by atoms with van der Waals surface area (Å²) in [7, 11) is 0. The predicted octanol–water partition coefficient (Wildman–Crippen LogP) is 4.74. The summed E-state index contributed by atoms with van der Waals surface area (Å²) >= 11 is 5.79. The second-order valence-electron chi connectivity index (χ2n) is 4.48. The third-order valence-corrected chi connectivity index (χ3v) is 3.23. The van der Waals surface area contributed by atoms with E-state index in [1.807, 2.05) is 0 Å². The summed E-state index contributed by atoms with van der Waals surface area (Å²) in [6, 6.07) is 9.48. The van der Waals surface area contributed by atoms with Crippen LogP contribution in [0.15, 0.2) is 62.9 Å². The molecule has 1 aliphatic heterocycles. The minimum Gasteiger partial charge on any atom is -0.465 e. The van der Waals surface area contributed by atoms with Gasteiger partial charge in [0, 0.05) is 16.2 Å². The topological polar surface area (TPSA) is 37.9 Å². The van der Waals surface area contributed by atoms with E-state index >= 15 is 0 Å². The fourth-order valence-electron chi connectivity index (χ4n) is 2.00. The van der Waals surface area contributed by atoms with E-state index in [9.17, 15) is 13.2 Å². The molecule has 1 aromatic heterocycles. The molecular formula is C15H8ClF3N2O. The number of allylic oxidation sites excluding steroid dienone is 1. The van der Waals surface area contributed by atoms with Crippen molar-refractivity contribution in [3.05, 3.63) is 64.6 Å². The number of furan rings is 1. The maximum absolute atomic E-state index is 13.1. The lowest BCUT2D eigenvalue weighted by Gasteiger charge is -2.09. The molecule has 3 nitrogen and oxygen atoms in total. The molecule has 0 spiro atoms. The number of halogens is 4. The highest BCUT2D eigenvalue weighted by atomic mass is 35.5. The van der Waals surface area contributed by atoms with Gasteiger partial charge in [-0.1, -0.05) is 23.7 Å². The van der Waals surface area contributed by atoms with E-state index in [1.54, 1.807) is 36.4 Å². The molecule has 0 atom stereocenters. The molecular weight excluding hydrogens is 317 g/mol. The van der Waals surface area contributed by atoms with Crippen molar-refractivity contribution in [1.29, 1.82) is 0 Å². The summed E-state index contributed by atoms with van der Waals surface area (Å²) in [5, 5.41) is 7.45. The number of hydrogen-bond donors (Lipinski definition) is 0. The molecule has 0 aliphatic carbocycles. The first-order valence-electron chi connectivity index (χ1n) is 6.20. The van der Waals surface area contributed by atoms with Crippen molar-refractivity contribution >= 4 is 29.1 Å². The van der Waals surface area contributed by atoms with Crippen LogP contribution in [0.1, 0.15) is 11.3 Å². The van der Waals surface area contributed by atoms with Crippen LogP contribution in [0, 0.1) is 0 Å². The third kappa shape index (κ3) is 2.82. The Morgan fingerprint density at radius 3 is 2.36 bits per heavy atom. The first-order valence-corrected chi connectivity index (χ1v) is 6.57. The van der Waals surface area contributed by atoms with E-state index in [4.69, 9.17) is 16.0 Å². The van der Waals surface area contributed by atoms with Crippen molar-refractivity contribution in [2.24, 2.45) is 10.2 Å². The van der Waals surface area contributed by atoms with Crippen LogP contribution < -0.4 is 0 Å². The monoisotopic (exact) mass is 324 g/mol. The largest absolute Gasteiger partial charge is 0.465 e. The number of nitrogens with zero attached hydrogens (tertiary/aromatic N) is 2. The Bertz CT molecular complexity index is 772. The molecule has 3 rings (SSSR count). The fraction of sp³-hybridized carbons (Fsp3) is 0.0667. The SMILES string of the molecule is FC(F)(F)C1=NN=C(c2ccc(Cl)cc2)/C1=C\c1ccco1. The predicted molar refractivity (Wildman–Crippen MR) is 78.2 cm³/mol. The van der Waals surface area contributed by atoms with E-state index in [-0.39, 0.29) is 17.0 Å². The van der Waals surface area contributed by atoms with E-state index in [1.165, 1.54) is 12.3 Å². The summed E-state index contributed by atoms with van der Waals surface area (Å²) in [5.74, 6) is 0.288. The van der Waals surface area contributed by atoms with Crippen LogP contribution in [0.2, 0.25) is 5.02 Å². The first kappa shape index (κ1) is 14.6. The Hall–Kier alpha value is -2.34. The zero-order valence-electron chi connectivity index (χ0n) is 10.9. The van der Waals surface area contributed by atoms with Crippen LogP contribution in [0.4, 0.5) is 13.2 Å². The summed E-state index contributed by atoms with van der Waals surface area (Å²) in [6.07, 6.45) is -1.95. The van der Waals surface area contributed by atoms with E-state index in [0.29, 0.717) is 10.6 Å². The molecule has 0 unspecified atom stereocenters. The highest BCUT2D eigenvalue weighted by Crippen LogP contribution is 2.30. The number of alkyl halides is 3. The molecule has 2 heterocycles. The van der Waals surface area contributed by atoms with Gasteiger partial charge in [0.15, 0.2) is 5.71 Å². The van der Waals surface area contributed by atoms with Crippen LogP contribution in [0.5, 0.6) is 0 Å². The third-order valence-electron chi connectivity index (χ3n) is 2.98. The molecule has 0 radical (unpaired) electrons. The zero-order chi connectivity index (χ0) is 15.7. The van der Waals surface area contributed by atoms with Gasteiger partial charge in [-0.25, -0.2) is 0 Å². The minimum atomic E-state index is -4.60. The first-order chi connectivity index (χ1) is 10.4. The van der Waals surface area contributed by atoms with Crippen molar-refractivity contribution < 1.29 is 17.6 Å². The van der Waals surface area contributed by atoms with Gasteiger partial charge in [-0.05, 0) is 30.3 Å². The smallest absolute Gasteiger partial charge is 0.435 e. The molecule has 112 valence electrons. The van der Waals surface area contributed by atoms with E-state index in [0.717, 1.165) is 0 Å². The molecule has 0 fully saturated rings. The van der Waals surface area contributed by atoms with Gasteiger partial charge in [0.1, 0.15) is 11.5 Å². The molecule has 0 N–H and O–H groups in total. The molecule has 2 aromatic rings. The fourth-order valence-corrected chi connectivity index (χ4v) is 2.13. The van der Waals surface area contributed by atoms with Crippen molar-refractivity contribution in [2.75, 3.05) is 0 Å². The van der Waals surface area contributed by atoms with Gasteiger partial charge in [-0.15, -0.1) is 10.2 Å². The molecule has 0 bridgehead atoms. The molecule has 22 heavy (non-hydrogen) atoms. The van der Waals surface area contributed by atoms with Crippen LogP contribution in [0.3, 0.4) is 0 Å². The number of hydrogen-bond acceptors (Lipinski definition) is 3. The van der Waals surface area contributed by atoms with Crippen molar-refractivity contribution in [3.63, 3.8) is 0 Å². The average Bonchev–Trinajstić information content (AvgIpc) is 3.09. The number of rotatable bonds is 2. The summed E-state index contributed by atoms with van der Waals surface area (Å²) in [6.45, 7) is 0. The quantitative estimate of drug-likeness (QED) is 0.786. The lowest BCUT2D eigenvalue weighted by molar-refractivity contribution is -0.0579. The van der Waals surface area contributed by atoms with Crippen LogP contribution in [-0.2, 0) is 0 Å². The normalized spacial score (nSPS) is 16.8. The van der Waals surface area contributed by atoms with E-state index < -0.39 is 11.9 Å². The van der Waals surface area contributed by atoms with Gasteiger partial charge in [-0.3, -0.25) is 0 Å². The average molecular weight is 325 g/mol. The van der Waals surface area contributed by atoms with Crippen molar-refractivity contribution in [1.82, 2.24) is 0 Å². The van der Waals surface area contributed by atoms with E-state index in [2.05, 4.69) is 10.2 Å². The Morgan fingerprint density at radius 1 is 1.05 bits per heavy atom. The Labute approximate surface area is 128 Å². The Balaban J connectivity index is 2.06. The molecule has 1 aliphatic rings. The second-order valence-corrected chi connectivity index (χ2v) is 4.91. The Kier molecular flexibility index (Phi) is 3.62. The summed E-state index contributed by atoms with van der Waals surface area (Å²) in [4.78, 5) is 0. The highest BCUT2D eigenvalue weighted by molar-refractivity contribution is 6.36. The molecule has 0 saturated carbocycles. The lowest BCUT2D eigenvalue weighted by Crippen LogP contribution is -2.25. The maximum atomic E-state index is 13.1. The van der Waals surface area contributed by atoms with Gasteiger partial charge >= 0.3 is 6.18 Å². The van der Waals surface area contributed by atoms with Crippen molar-refractivity contribution in [3.8, 4) is 0 Å². The highest BCUT2D eigenvalue weighted by Gasteiger charge is 2.42. The minimum absolute atomic E-state index is 0.125. The van der Waals surface area contributed by atoms with Gasteiger partial charge in [-0.2, -0.15) is 13.2 Å². The van der Waals surface area contributed by atoms with Crippen LogP contribution in [0.25, 0.3) is 6.08 Å². The summed E-state index contributed by atoms with van der Waals surface area (Å²) < 4.78 is 44.4. The Morgan fingerprint density at radius 2 is 1.77 bits per heavy atom. The standard InChI is InChI=1S/C15H8ClF3N2O/c16-10-5-3-9(4-6-10)13-12(8-11-2-1-7-22-11)14(21-20-13)15(17,18)19/h1-8H/b12-8+.